The third-order valence-corrected chi connectivity index (χ3v) is 2.13. The Balaban J connectivity index is 4.23. The molecule has 0 aromatic rings. The van der Waals surface area contributed by atoms with Gasteiger partial charge in [-0.3, -0.25) is 0 Å². The lowest BCUT2D eigenvalue weighted by Gasteiger charge is -2.09. The molecule has 0 radical (unpaired) electrons. The van der Waals surface area contributed by atoms with Gasteiger partial charge in [0, 0.05) is 54.5 Å². The Morgan fingerprint density at radius 3 is 1.44 bits per heavy atom. The van der Waals surface area contributed by atoms with Crippen molar-refractivity contribution in [3.63, 3.8) is 0 Å². The van der Waals surface area contributed by atoms with Gasteiger partial charge in [0.05, 0.1) is 6.10 Å². The van der Waals surface area contributed by atoms with E-state index in [-0.39, 0.29) is 6.10 Å². The van der Waals surface area contributed by atoms with Crippen LogP contribution in [-0.2, 0) is 9.47 Å². The van der Waals surface area contributed by atoms with Gasteiger partial charge in [-0.2, -0.15) is 0 Å². The summed E-state index contributed by atoms with van der Waals surface area (Å²) in [6, 6.07) is 0. The molecule has 2 nitrogen and oxygen atoms in total. The molecule has 0 aromatic heterocycles. The molecule has 25 heavy (non-hydrogen) atoms. The van der Waals surface area contributed by atoms with E-state index in [9.17, 15) is 0 Å². The number of ether oxygens (including phenoxy) is 2. The first-order valence-corrected chi connectivity index (χ1v) is 6.95. The van der Waals surface area contributed by atoms with Crippen molar-refractivity contribution in [2.45, 2.75) is 19.4 Å². The van der Waals surface area contributed by atoms with Crippen LogP contribution in [0.25, 0.3) is 0 Å². The summed E-state index contributed by atoms with van der Waals surface area (Å²) in [6.45, 7) is 2.41. The molecule has 0 aromatic carbocycles. The van der Waals surface area contributed by atoms with E-state index in [1.807, 2.05) is 6.92 Å². The van der Waals surface area contributed by atoms with Crippen molar-refractivity contribution in [1.29, 1.82) is 0 Å². The summed E-state index contributed by atoms with van der Waals surface area (Å²) in [5.41, 5.74) is 0. The van der Waals surface area contributed by atoms with Crippen LogP contribution in [0.4, 0.5) is 0 Å². The summed E-state index contributed by atoms with van der Waals surface area (Å²) < 4.78 is 10.2. The average Bonchev–Trinajstić information content (AvgIpc) is 2.64. The molecule has 0 bridgehead atoms. The molecule has 0 N–H and O–H groups in total. The van der Waals surface area contributed by atoms with Gasteiger partial charge < -0.3 is 9.47 Å². The molecule has 0 amide bonds. The average molecular weight is 320 g/mol. The van der Waals surface area contributed by atoms with E-state index in [2.05, 4.69) is 101 Å². The van der Waals surface area contributed by atoms with E-state index in [4.69, 9.17) is 15.9 Å². The third-order valence-electron chi connectivity index (χ3n) is 2.13. The molecule has 0 rings (SSSR count). The van der Waals surface area contributed by atoms with Crippen LogP contribution in [0.15, 0.2) is 0 Å². The second kappa shape index (κ2) is 17.9. The van der Waals surface area contributed by atoms with Crippen molar-refractivity contribution in [1.82, 2.24) is 0 Å². The van der Waals surface area contributed by atoms with Crippen molar-refractivity contribution in [2.24, 2.45) is 0 Å². The van der Waals surface area contributed by atoms with Crippen molar-refractivity contribution < 1.29 is 9.47 Å². The van der Waals surface area contributed by atoms with E-state index in [1.165, 1.54) is 0 Å². The number of hydrogen-bond acceptors (Lipinski definition) is 2. The maximum atomic E-state index is 5.13. The summed E-state index contributed by atoms with van der Waals surface area (Å²) in [7, 11) is 1.63. The predicted molar refractivity (Wildman–Crippen MR) is 98.1 cm³/mol. The Morgan fingerprint density at radius 1 is 0.680 bits per heavy atom. The fourth-order valence-electron chi connectivity index (χ4n) is 0.991. The maximum Gasteiger partial charge on any atom is 0.126 e. The number of terminal acetylenes is 1. The van der Waals surface area contributed by atoms with Gasteiger partial charge in [0.15, 0.2) is 0 Å². The van der Waals surface area contributed by atoms with Gasteiger partial charge in [-0.25, -0.2) is 0 Å². The minimum absolute atomic E-state index is 0.0392. The largest absolute Gasteiger partial charge is 0.443 e. The second-order valence-corrected chi connectivity index (χ2v) is 3.70. The van der Waals surface area contributed by atoms with E-state index in [0.717, 1.165) is 6.42 Å². The van der Waals surface area contributed by atoms with E-state index < -0.39 is 0 Å². The van der Waals surface area contributed by atoms with Crippen LogP contribution in [0.3, 0.4) is 0 Å². The molecule has 0 aliphatic carbocycles. The van der Waals surface area contributed by atoms with Crippen molar-refractivity contribution >= 4 is 0 Å². The Morgan fingerprint density at radius 2 is 1.08 bits per heavy atom. The van der Waals surface area contributed by atoms with Gasteiger partial charge in [0.25, 0.3) is 0 Å². The molecule has 1 atom stereocenters. The lowest BCUT2D eigenvalue weighted by molar-refractivity contribution is 0.0459. The van der Waals surface area contributed by atoms with Gasteiger partial charge in [-0.1, -0.05) is 6.92 Å². The van der Waals surface area contributed by atoms with Crippen LogP contribution in [0.5, 0.6) is 0 Å². The van der Waals surface area contributed by atoms with Crippen LogP contribution in [-0.4, -0.2) is 19.8 Å². The zero-order chi connectivity index (χ0) is 18.4. The van der Waals surface area contributed by atoms with Crippen LogP contribution in [0, 0.1) is 107 Å². The summed E-state index contributed by atoms with van der Waals surface area (Å²) in [4.78, 5) is 0. The zero-order valence-electron chi connectivity index (χ0n) is 13.9. The molecule has 1 unspecified atom stereocenters. The lowest BCUT2D eigenvalue weighted by Crippen LogP contribution is -2.15. The Hall–Kier alpha value is -4.20. The smallest absolute Gasteiger partial charge is 0.126 e. The van der Waals surface area contributed by atoms with Crippen LogP contribution in [0.1, 0.15) is 13.3 Å². The molecular weight excluding hydrogens is 308 g/mol. The van der Waals surface area contributed by atoms with Gasteiger partial charge >= 0.3 is 0 Å². The molecule has 0 saturated heterocycles. The highest BCUT2D eigenvalue weighted by Crippen LogP contribution is 1.95. The molecule has 116 valence electrons. The predicted octanol–water partition coefficient (Wildman–Crippen LogP) is 1.05. The highest BCUT2D eigenvalue weighted by Gasteiger charge is 2.02. The van der Waals surface area contributed by atoms with Crippen molar-refractivity contribution in [3.8, 4) is 107 Å². The standard InChI is InChI=1S/C23H12O2/c1-4-6-7-8-9-10-11-12-13-14-15-16-17-18-19-20-21-25-22-23(5-2)24-3/h1,23H,5,22H2,2-3H3. The van der Waals surface area contributed by atoms with Crippen LogP contribution >= 0.6 is 0 Å². The summed E-state index contributed by atoms with van der Waals surface area (Å²) in [5, 5.41) is 0. The van der Waals surface area contributed by atoms with Crippen LogP contribution < -0.4 is 0 Å². The molecule has 0 spiro atoms. The van der Waals surface area contributed by atoms with Crippen LogP contribution in [0.2, 0.25) is 0 Å². The second-order valence-electron chi connectivity index (χ2n) is 3.70. The highest BCUT2D eigenvalue weighted by molar-refractivity contribution is 5.46. The lowest BCUT2D eigenvalue weighted by atomic mass is 10.3. The monoisotopic (exact) mass is 320 g/mol. The minimum Gasteiger partial charge on any atom is -0.443 e. The molecule has 0 fully saturated rings. The maximum absolute atomic E-state index is 5.13. The SMILES string of the molecule is C#CC#CC#CC#CC#CC#CC#CC#CC#COCC(CC)OC. The summed E-state index contributed by atoms with van der Waals surface area (Å²) >= 11 is 0. The van der Waals surface area contributed by atoms with Gasteiger partial charge in [0.2, 0.25) is 0 Å². The molecule has 0 aliphatic heterocycles. The van der Waals surface area contributed by atoms with E-state index >= 15 is 0 Å². The fourth-order valence-corrected chi connectivity index (χ4v) is 0.991. The molecule has 0 heterocycles. The quantitative estimate of drug-likeness (QED) is 0.721. The first kappa shape index (κ1) is 20.8. The first-order chi connectivity index (χ1) is 12.3. The van der Waals surface area contributed by atoms with Crippen molar-refractivity contribution in [3.05, 3.63) is 0 Å². The third kappa shape index (κ3) is 16.0. The highest BCUT2D eigenvalue weighted by atomic mass is 16.5. The van der Waals surface area contributed by atoms with E-state index in [1.54, 1.807) is 7.11 Å². The molecule has 0 aliphatic rings. The zero-order valence-corrected chi connectivity index (χ0v) is 13.9. The molecule has 0 saturated carbocycles. The molecular formula is C23H12O2. The van der Waals surface area contributed by atoms with Crippen molar-refractivity contribution in [2.75, 3.05) is 13.7 Å². The minimum atomic E-state index is 0.0392. The fraction of sp³-hybridized carbons (Fsp3) is 0.217. The Bertz CT molecular complexity index is 972. The number of hydrogen-bond donors (Lipinski definition) is 0. The Labute approximate surface area is 150 Å². The Kier molecular flexibility index (Phi) is 14.9. The summed E-state index contributed by atoms with van der Waals surface area (Å²) in [6.07, 6.45) is 8.27. The normalized spacial score (nSPS) is 6.92. The van der Waals surface area contributed by atoms with Gasteiger partial charge in [-0.15, -0.1) is 6.42 Å². The van der Waals surface area contributed by atoms with Gasteiger partial charge in [0.1, 0.15) is 12.7 Å². The van der Waals surface area contributed by atoms with E-state index in [0.29, 0.717) is 6.61 Å². The molecule has 2 heteroatoms. The first-order valence-electron chi connectivity index (χ1n) is 6.95. The number of methoxy groups -OCH3 is 1. The van der Waals surface area contributed by atoms with Gasteiger partial charge in [-0.05, 0) is 53.8 Å². The topological polar surface area (TPSA) is 18.5 Å². The summed E-state index contributed by atoms with van der Waals surface area (Å²) in [5.74, 6) is 39.3. The number of rotatable bonds is 4.